The maximum Gasteiger partial charge on any atom is 0.332 e. The van der Waals surface area contributed by atoms with Crippen LogP contribution >= 0.6 is 0 Å². The Kier molecular flexibility index (Phi) is 4.40. The molecule has 28 heavy (non-hydrogen) atoms. The van der Waals surface area contributed by atoms with Gasteiger partial charge in [0.25, 0.3) is 5.56 Å². The van der Waals surface area contributed by atoms with Crippen molar-refractivity contribution in [1.29, 1.82) is 0 Å². The molecule has 1 aromatic carbocycles. The van der Waals surface area contributed by atoms with Gasteiger partial charge in [0, 0.05) is 14.1 Å². The number of imidazole rings is 1. The number of furan rings is 1. The quantitative estimate of drug-likeness (QED) is 0.419. The highest BCUT2D eigenvalue weighted by molar-refractivity contribution is 5.77. The minimum Gasteiger partial charge on any atom is -0.463 e. The molecular weight excluding hydrogens is 360 g/mol. The van der Waals surface area contributed by atoms with E-state index in [1.807, 2.05) is 30.3 Å². The number of hydrazone groups is 1. The zero-order valence-electron chi connectivity index (χ0n) is 15.4. The first kappa shape index (κ1) is 17.5. The number of rotatable bonds is 5. The third kappa shape index (κ3) is 3.02. The molecule has 0 saturated heterocycles. The summed E-state index contributed by atoms with van der Waals surface area (Å²) in [6.07, 6.45) is 3.04. The maximum absolute atomic E-state index is 13.0. The van der Waals surface area contributed by atoms with Crippen LogP contribution in [0.5, 0.6) is 0 Å². The summed E-state index contributed by atoms with van der Waals surface area (Å²) in [6, 6.07) is 12.9. The van der Waals surface area contributed by atoms with E-state index in [-0.39, 0.29) is 12.2 Å². The van der Waals surface area contributed by atoms with Crippen LogP contribution in [0.25, 0.3) is 11.2 Å². The van der Waals surface area contributed by atoms with Gasteiger partial charge in [-0.05, 0) is 17.7 Å². The average molecular weight is 378 g/mol. The Labute approximate surface area is 159 Å². The molecule has 0 radical (unpaired) electrons. The Hall–Kier alpha value is -3.88. The molecule has 9 heteroatoms. The van der Waals surface area contributed by atoms with Gasteiger partial charge >= 0.3 is 5.69 Å². The van der Waals surface area contributed by atoms with E-state index in [4.69, 9.17) is 4.42 Å². The zero-order chi connectivity index (χ0) is 19.7. The van der Waals surface area contributed by atoms with Crippen LogP contribution in [0.3, 0.4) is 0 Å². The predicted octanol–water partition coefficient (Wildman–Crippen LogP) is 1.52. The van der Waals surface area contributed by atoms with Gasteiger partial charge < -0.3 is 8.98 Å². The van der Waals surface area contributed by atoms with Gasteiger partial charge in [0.1, 0.15) is 5.76 Å². The molecule has 0 aliphatic rings. The topological polar surface area (TPSA) is 99.3 Å². The third-order valence-electron chi connectivity index (χ3n) is 4.44. The van der Waals surface area contributed by atoms with Crippen molar-refractivity contribution in [3.05, 3.63) is 80.9 Å². The van der Waals surface area contributed by atoms with E-state index in [2.05, 4.69) is 15.5 Å². The van der Waals surface area contributed by atoms with Gasteiger partial charge in [0.2, 0.25) is 5.95 Å². The average Bonchev–Trinajstić information content (AvgIpc) is 3.33. The van der Waals surface area contributed by atoms with E-state index in [0.717, 1.165) is 5.56 Å². The van der Waals surface area contributed by atoms with E-state index >= 15 is 0 Å². The van der Waals surface area contributed by atoms with Crippen LogP contribution in [0, 0.1) is 0 Å². The molecule has 4 rings (SSSR count). The van der Waals surface area contributed by atoms with Crippen LogP contribution in [0.1, 0.15) is 11.3 Å². The number of aryl methyl sites for hydroxylation is 2. The van der Waals surface area contributed by atoms with Crippen molar-refractivity contribution in [2.75, 3.05) is 5.43 Å². The summed E-state index contributed by atoms with van der Waals surface area (Å²) in [6.45, 7) is 0.187. The van der Waals surface area contributed by atoms with E-state index in [9.17, 15) is 9.59 Å². The Morgan fingerprint density at radius 3 is 2.61 bits per heavy atom. The van der Waals surface area contributed by atoms with Gasteiger partial charge in [0.05, 0.1) is 19.0 Å². The highest BCUT2D eigenvalue weighted by Gasteiger charge is 2.18. The van der Waals surface area contributed by atoms with E-state index in [1.165, 1.54) is 15.3 Å². The van der Waals surface area contributed by atoms with Crippen molar-refractivity contribution in [2.24, 2.45) is 19.2 Å². The van der Waals surface area contributed by atoms with Gasteiger partial charge in [-0.2, -0.15) is 10.1 Å². The highest BCUT2D eigenvalue weighted by atomic mass is 16.3. The molecule has 1 N–H and O–H groups in total. The molecular formula is C19H18N6O3. The van der Waals surface area contributed by atoms with Gasteiger partial charge in [-0.15, -0.1) is 0 Å². The first-order valence-electron chi connectivity index (χ1n) is 8.59. The lowest BCUT2D eigenvalue weighted by molar-refractivity contribution is 0.560. The first-order valence-corrected chi connectivity index (χ1v) is 8.59. The minimum atomic E-state index is -0.426. The Morgan fingerprint density at radius 2 is 1.89 bits per heavy atom. The molecule has 3 aromatic heterocycles. The van der Waals surface area contributed by atoms with Crippen molar-refractivity contribution >= 4 is 23.3 Å². The largest absolute Gasteiger partial charge is 0.463 e. The summed E-state index contributed by atoms with van der Waals surface area (Å²) in [5.74, 6) is 0.909. The SMILES string of the molecule is Cn1c(NN=Cc2ccco2)nc2c1c(=O)n(Cc1ccccc1)c(=O)n2C. The molecule has 0 bridgehead atoms. The number of nitrogens with one attached hydrogen (secondary N) is 1. The van der Waals surface area contributed by atoms with Crippen LogP contribution in [0.2, 0.25) is 0 Å². The lowest BCUT2D eigenvalue weighted by Gasteiger charge is -2.08. The predicted molar refractivity (Wildman–Crippen MR) is 106 cm³/mol. The van der Waals surface area contributed by atoms with Crippen LogP contribution in [0.15, 0.2) is 67.8 Å². The van der Waals surface area contributed by atoms with Gasteiger partial charge in [-0.1, -0.05) is 30.3 Å². The molecule has 0 aliphatic heterocycles. The number of nitrogens with zero attached hydrogens (tertiary/aromatic N) is 5. The molecule has 0 atom stereocenters. The van der Waals surface area contributed by atoms with Gasteiger partial charge in [-0.25, -0.2) is 10.2 Å². The summed E-state index contributed by atoms with van der Waals surface area (Å²) in [4.78, 5) is 30.1. The number of benzene rings is 1. The number of fused-ring (bicyclic) bond motifs is 1. The first-order chi connectivity index (χ1) is 13.6. The molecule has 0 spiro atoms. The van der Waals surface area contributed by atoms with E-state index < -0.39 is 11.2 Å². The second-order valence-corrected chi connectivity index (χ2v) is 6.27. The molecule has 0 aliphatic carbocycles. The maximum atomic E-state index is 13.0. The van der Waals surface area contributed by atoms with Crippen LogP contribution in [-0.2, 0) is 20.6 Å². The molecule has 142 valence electrons. The number of anilines is 1. The van der Waals surface area contributed by atoms with Crippen molar-refractivity contribution in [2.45, 2.75) is 6.54 Å². The molecule has 0 unspecified atom stereocenters. The molecule has 9 nitrogen and oxygen atoms in total. The number of aromatic nitrogens is 4. The van der Waals surface area contributed by atoms with Crippen LogP contribution in [0.4, 0.5) is 5.95 Å². The lowest BCUT2D eigenvalue weighted by Crippen LogP contribution is -2.39. The summed E-state index contributed by atoms with van der Waals surface area (Å²) >= 11 is 0. The number of hydrogen-bond acceptors (Lipinski definition) is 6. The fourth-order valence-electron chi connectivity index (χ4n) is 2.97. The molecule has 0 fully saturated rings. The summed E-state index contributed by atoms with van der Waals surface area (Å²) in [5, 5.41) is 4.06. The van der Waals surface area contributed by atoms with Gasteiger partial charge in [-0.3, -0.25) is 13.9 Å². The lowest BCUT2D eigenvalue weighted by atomic mass is 10.2. The second-order valence-electron chi connectivity index (χ2n) is 6.27. The molecule has 0 amide bonds. The van der Waals surface area contributed by atoms with E-state index in [1.54, 1.807) is 37.1 Å². The summed E-state index contributed by atoms with van der Waals surface area (Å²) in [5.41, 5.74) is 3.42. The van der Waals surface area contributed by atoms with Gasteiger partial charge in [0.15, 0.2) is 11.2 Å². The fourth-order valence-corrected chi connectivity index (χ4v) is 2.97. The fraction of sp³-hybridized carbons (Fsp3) is 0.158. The normalized spacial score (nSPS) is 11.5. The van der Waals surface area contributed by atoms with Crippen molar-refractivity contribution in [3.63, 3.8) is 0 Å². The highest BCUT2D eigenvalue weighted by Crippen LogP contribution is 2.13. The third-order valence-corrected chi connectivity index (χ3v) is 4.44. The number of hydrogen-bond donors (Lipinski definition) is 1. The van der Waals surface area contributed by atoms with Crippen LogP contribution in [-0.4, -0.2) is 24.9 Å². The minimum absolute atomic E-state index is 0.187. The zero-order valence-corrected chi connectivity index (χ0v) is 15.4. The summed E-state index contributed by atoms with van der Waals surface area (Å²) < 4.78 is 9.32. The Morgan fingerprint density at radius 1 is 1.11 bits per heavy atom. The van der Waals surface area contributed by atoms with Crippen LogP contribution < -0.4 is 16.7 Å². The molecule has 3 heterocycles. The summed E-state index contributed by atoms with van der Waals surface area (Å²) in [7, 11) is 3.29. The monoisotopic (exact) mass is 378 g/mol. The molecule has 4 aromatic rings. The van der Waals surface area contributed by atoms with E-state index in [0.29, 0.717) is 17.2 Å². The second kappa shape index (κ2) is 7.03. The Bertz CT molecular complexity index is 1260. The standard InChI is InChI=1S/C19H18N6O3/c1-23-15-16(21-18(23)22-20-11-14-9-6-10-28-14)24(2)19(27)25(17(15)26)12-13-7-4-3-5-8-13/h3-11H,12H2,1-2H3,(H,21,22). The van der Waals surface area contributed by atoms with Crippen molar-refractivity contribution < 1.29 is 4.42 Å². The smallest absolute Gasteiger partial charge is 0.332 e. The van der Waals surface area contributed by atoms with Crippen molar-refractivity contribution in [1.82, 2.24) is 18.7 Å². The Balaban J connectivity index is 1.77. The van der Waals surface area contributed by atoms with Crippen molar-refractivity contribution in [3.8, 4) is 0 Å². The molecule has 0 saturated carbocycles.